The van der Waals surface area contributed by atoms with E-state index in [1.165, 1.54) is 6.07 Å². The van der Waals surface area contributed by atoms with Crippen molar-refractivity contribution in [2.24, 2.45) is 0 Å². The highest BCUT2D eigenvalue weighted by atomic mass is 35.5. The highest BCUT2D eigenvalue weighted by Gasteiger charge is 2.30. The maximum absolute atomic E-state index is 12.4. The van der Waals surface area contributed by atoms with E-state index >= 15 is 0 Å². The molecule has 10 nitrogen and oxygen atoms in total. The second-order valence-electron chi connectivity index (χ2n) is 9.29. The maximum atomic E-state index is 12.4. The summed E-state index contributed by atoms with van der Waals surface area (Å²) in [4.78, 5) is 32.3. The molecule has 2 aliphatic rings. The number of hydrogen-bond acceptors (Lipinski definition) is 8. The number of nitrogens with one attached hydrogen (secondary N) is 1. The van der Waals surface area contributed by atoms with Gasteiger partial charge in [-0.2, -0.15) is 0 Å². The molecule has 2 fully saturated rings. The Morgan fingerprint density at radius 1 is 1.36 bits per heavy atom. The number of carboxylic acids is 1. The van der Waals surface area contributed by atoms with Gasteiger partial charge in [-0.25, -0.2) is 14.6 Å². The second-order valence-corrected chi connectivity index (χ2v) is 9.68. The Morgan fingerprint density at radius 3 is 2.70 bits per heavy atom. The number of carbonyl (C=O) groups excluding carboxylic acids is 1. The minimum Gasteiger partial charge on any atom is -0.491 e. The van der Waals surface area contributed by atoms with Crippen LogP contribution in [-0.2, 0) is 9.47 Å². The summed E-state index contributed by atoms with van der Waals surface area (Å²) in [7, 11) is 1.81. The lowest BCUT2D eigenvalue weighted by Crippen LogP contribution is -2.55. The number of rotatable bonds is 6. The molecular formula is C22H33ClN4O6. The average Bonchev–Trinajstić information content (AvgIpc) is 2.76. The fraction of sp³-hybridized carbons (Fsp3) is 0.682. The first-order valence-electron chi connectivity index (χ1n) is 11.1. The third kappa shape index (κ3) is 6.84. The number of aromatic carboxylic acids is 1. The van der Waals surface area contributed by atoms with Gasteiger partial charge in [0.05, 0.1) is 6.04 Å². The molecule has 0 aliphatic carbocycles. The van der Waals surface area contributed by atoms with Crippen molar-refractivity contribution in [3.63, 3.8) is 0 Å². The van der Waals surface area contributed by atoms with Gasteiger partial charge in [0.1, 0.15) is 34.5 Å². The molecule has 3 rings (SSSR count). The normalized spacial score (nSPS) is 19.8. The third-order valence-corrected chi connectivity index (χ3v) is 5.76. The molecule has 1 atom stereocenters. The molecule has 2 aliphatic heterocycles. The molecule has 0 unspecified atom stereocenters. The fourth-order valence-electron chi connectivity index (χ4n) is 3.92. The van der Waals surface area contributed by atoms with Crippen LogP contribution in [0.5, 0.6) is 5.75 Å². The van der Waals surface area contributed by atoms with E-state index in [1.54, 1.807) is 4.90 Å². The van der Waals surface area contributed by atoms with Gasteiger partial charge in [-0.15, -0.1) is 0 Å². The summed E-state index contributed by atoms with van der Waals surface area (Å²) >= 11 is 6.24. The van der Waals surface area contributed by atoms with Crippen molar-refractivity contribution in [3.05, 3.63) is 16.8 Å². The molecule has 33 heavy (non-hydrogen) atoms. The number of piperazine rings is 1. The van der Waals surface area contributed by atoms with E-state index in [0.29, 0.717) is 32.8 Å². The third-order valence-electron chi connectivity index (χ3n) is 5.57. The van der Waals surface area contributed by atoms with Gasteiger partial charge in [-0.3, -0.25) is 0 Å². The highest BCUT2D eigenvalue weighted by molar-refractivity contribution is 6.29. The minimum atomic E-state index is -1.14. The average molecular weight is 485 g/mol. The molecule has 0 aromatic carbocycles. The molecule has 1 amide bonds. The molecule has 2 N–H and O–H groups in total. The standard InChI is InChI=1S/C22H33ClN4O6/c1-22(2,3)33-21(30)27-8-7-24-14(12-27)13-32-16-11-17(23)25-19(18(16)20(28)29)26(4)15-5-9-31-10-6-15/h11,14-15,24H,5-10,12-13H2,1-4H3,(H,28,29)/t14-/m1/s1. The number of amides is 1. The summed E-state index contributed by atoms with van der Waals surface area (Å²) in [5.41, 5.74) is -0.612. The van der Waals surface area contributed by atoms with Crippen molar-refractivity contribution in [2.45, 2.75) is 51.3 Å². The number of anilines is 1. The van der Waals surface area contributed by atoms with Crippen LogP contribution in [-0.4, -0.2) is 91.2 Å². The van der Waals surface area contributed by atoms with Crippen LogP contribution in [0, 0.1) is 0 Å². The van der Waals surface area contributed by atoms with Crippen molar-refractivity contribution in [1.82, 2.24) is 15.2 Å². The van der Waals surface area contributed by atoms with Crippen LogP contribution >= 0.6 is 11.6 Å². The summed E-state index contributed by atoms with van der Waals surface area (Å²) in [6.07, 6.45) is 1.16. The van der Waals surface area contributed by atoms with Crippen LogP contribution in [0.3, 0.4) is 0 Å². The zero-order chi connectivity index (χ0) is 24.2. The summed E-state index contributed by atoms with van der Waals surface area (Å²) < 4.78 is 16.8. The van der Waals surface area contributed by atoms with Gasteiger partial charge in [0.2, 0.25) is 0 Å². The monoisotopic (exact) mass is 484 g/mol. The molecule has 184 valence electrons. The molecule has 2 saturated heterocycles. The number of hydrogen-bond donors (Lipinski definition) is 2. The van der Waals surface area contributed by atoms with Crippen LogP contribution in [0.1, 0.15) is 44.0 Å². The minimum absolute atomic E-state index is 0.0341. The summed E-state index contributed by atoms with van der Waals surface area (Å²) in [5.74, 6) is -0.730. The Morgan fingerprint density at radius 2 is 2.06 bits per heavy atom. The van der Waals surface area contributed by atoms with E-state index in [2.05, 4.69) is 10.3 Å². The Balaban J connectivity index is 1.73. The van der Waals surface area contributed by atoms with E-state index in [0.717, 1.165) is 12.8 Å². The van der Waals surface area contributed by atoms with Gasteiger partial charge < -0.3 is 34.4 Å². The lowest BCUT2D eigenvalue weighted by atomic mass is 10.1. The van der Waals surface area contributed by atoms with Crippen LogP contribution in [0.2, 0.25) is 5.15 Å². The van der Waals surface area contributed by atoms with Crippen molar-refractivity contribution in [3.8, 4) is 5.75 Å². The maximum Gasteiger partial charge on any atom is 0.410 e. The van der Waals surface area contributed by atoms with Gasteiger partial charge in [-0.05, 0) is 33.6 Å². The first kappa shape index (κ1) is 25.3. The van der Waals surface area contributed by atoms with Crippen molar-refractivity contribution in [2.75, 3.05) is 51.4 Å². The van der Waals surface area contributed by atoms with Crippen molar-refractivity contribution >= 4 is 29.5 Å². The number of pyridine rings is 1. The topological polar surface area (TPSA) is 113 Å². The summed E-state index contributed by atoms with van der Waals surface area (Å²) in [6.45, 7) is 8.33. The lowest BCUT2D eigenvalue weighted by molar-refractivity contribution is 0.0178. The van der Waals surface area contributed by atoms with E-state index in [9.17, 15) is 14.7 Å². The Kier molecular flexibility index (Phi) is 8.25. The van der Waals surface area contributed by atoms with E-state index in [-0.39, 0.29) is 47.1 Å². The summed E-state index contributed by atoms with van der Waals surface area (Å²) in [6, 6.07) is 1.32. The Bertz CT molecular complexity index is 856. The van der Waals surface area contributed by atoms with Crippen LogP contribution in [0.4, 0.5) is 10.6 Å². The predicted octanol–water partition coefficient (Wildman–Crippen LogP) is 2.64. The molecular weight excluding hydrogens is 452 g/mol. The van der Waals surface area contributed by atoms with Crippen molar-refractivity contribution in [1.29, 1.82) is 0 Å². The molecule has 11 heteroatoms. The number of carboxylic acid groups (broad SMARTS) is 1. The number of halogens is 1. The quantitative estimate of drug-likeness (QED) is 0.588. The van der Waals surface area contributed by atoms with E-state index in [1.807, 2.05) is 32.7 Å². The molecule has 1 aromatic rings. The number of carbonyl (C=O) groups is 2. The van der Waals surface area contributed by atoms with Crippen LogP contribution in [0.25, 0.3) is 0 Å². The predicted molar refractivity (Wildman–Crippen MR) is 124 cm³/mol. The molecule has 0 spiro atoms. The van der Waals surface area contributed by atoms with Gasteiger partial charge in [0.25, 0.3) is 0 Å². The second kappa shape index (κ2) is 10.8. The first-order chi connectivity index (χ1) is 15.5. The molecule has 1 aromatic heterocycles. The zero-order valence-corrected chi connectivity index (χ0v) is 20.4. The Labute approximate surface area is 199 Å². The van der Waals surface area contributed by atoms with Crippen LogP contribution in [0.15, 0.2) is 6.07 Å². The SMILES string of the molecule is CN(c1nc(Cl)cc(OC[C@H]2CN(C(=O)OC(C)(C)C)CCN2)c1C(=O)O)C1CCOCC1. The zero-order valence-electron chi connectivity index (χ0n) is 19.6. The first-order valence-corrected chi connectivity index (χ1v) is 11.5. The van der Waals surface area contributed by atoms with Crippen LogP contribution < -0.4 is 15.0 Å². The largest absolute Gasteiger partial charge is 0.491 e. The fourth-order valence-corrected chi connectivity index (χ4v) is 4.09. The molecule has 3 heterocycles. The van der Waals surface area contributed by atoms with E-state index < -0.39 is 11.6 Å². The number of nitrogens with zero attached hydrogens (tertiary/aromatic N) is 3. The van der Waals surface area contributed by atoms with Gasteiger partial charge in [-0.1, -0.05) is 11.6 Å². The lowest BCUT2D eigenvalue weighted by Gasteiger charge is -2.35. The smallest absolute Gasteiger partial charge is 0.410 e. The highest BCUT2D eigenvalue weighted by Crippen LogP contribution is 2.33. The van der Waals surface area contributed by atoms with Gasteiger partial charge in [0.15, 0.2) is 0 Å². The summed E-state index contributed by atoms with van der Waals surface area (Å²) in [5, 5.41) is 13.4. The van der Waals surface area contributed by atoms with Crippen molar-refractivity contribution < 1.29 is 28.9 Å². The number of ether oxygens (including phenoxy) is 3. The molecule has 0 radical (unpaired) electrons. The van der Waals surface area contributed by atoms with Gasteiger partial charge >= 0.3 is 12.1 Å². The van der Waals surface area contributed by atoms with Gasteiger partial charge in [0, 0.05) is 52.0 Å². The molecule has 0 saturated carbocycles. The van der Waals surface area contributed by atoms with E-state index in [4.69, 9.17) is 25.8 Å². The number of aromatic nitrogens is 1. The Hall–Kier alpha value is -2.30. The molecule has 0 bridgehead atoms.